The van der Waals surface area contributed by atoms with Gasteiger partial charge in [0.2, 0.25) is 0 Å². The van der Waals surface area contributed by atoms with E-state index in [4.69, 9.17) is 4.98 Å². The van der Waals surface area contributed by atoms with Gasteiger partial charge in [0.1, 0.15) is 10.8 Å². The number of aromatic nitrogens is 2. The Balaban J connectivity index is 1.50. The number of thioether (sulfide) groups is 1. The predicted molar refractivity (Wildman–Crippen MR) is 101 cm³/mol. The molecular formula is C19H26N4S. The van der Waals surface area contributed by atoms with Crippen LogP contribution >= 0.6 is 11.8 Å². The van der Waals surface area contributed by atoms with Crippen LogP contribution in [0.1, 0.15) is 31.7 Å². The van der Waals surface area contributed by atoms with Crippen LogP contribution in [0.15, 0.2) is 47.8 Å². The molecule has 24 heavy (non-hydrogen) atoms. The Hall–Kier alpha value is -1.59. The van der Waals surface area contributed by atoms with Crippen LogP contribution in [0.3, 0.4) is 0 Å². The Morgan fingerprint density at radius 3 is 2.71 bits per heavy atom. The molecule has 0 spiro atoms. The zero-order valence-corrected chi connectivity index (χ0v) is 15.1. The van der Waals surface area contributed by atoms with Gasteiger partial charge in [-0.05, 0) is 31.4 Å². The second-order valence-corrected chi connectivity index (χ2v) is 7.27. The first-order valence-electron chi connectivity index (χ1n) is 8.81. The molecule has 1 saturated heterocycles. The Bertz CT molecular complexity index is 612. The van der Waals surface area contributed by atoms with E-state index in [1.165, 1.54) is 44.5 Å². The highest BCUT2D eigenvalue weighted by molar-refractivity contribution is 7.98. The molecule has 0 radical (unpaired) electrons. The number of rotatable bonds is 7. The van der Waals surface area contributed by atoms with Gasteiger partial charge in [-0.25, -0.2) is 4.98 Å². The lowest BCUT2D eigenvalue weighted by molar-refractivity contribution is 0.219. The van der Waals surface area contributed by atoms with Crippen molar-refractivity contribution in [3.05, 3.63) is 48.3 Å². The molecule has 1 fully saturated rings. The van der Waals surface area contributed by atoms with Gasteiger partial charge in [-0.1, -0.05) is 37.3 Å². The van der Waals surface area contributed by atoms with E-state index in [-0.39, 0.29) is 0 Å². The van der Waals surface area contributed by atoms with Crippen LogP contribution in [0.25, 0.3) is 0 Å². The van der Waals surface area contributed by atoms with Crippen molar-refractivity contribution in [1.29, 1.82) is 0 Å². The van der Waals surface area contributed by atoms with Gasteiger partial charge in [0.25, 0.3) is 0 Å². The molecule has 0 aliphatic carbocycles. The zero-order chi connectivity index (χ0) is 16.6. The molecule has 4 nitrogen and oxygen atoms in total. The summed E-state index contributed by atoms with van der Waals surface area (Å²) in [6, 6.07) is 11.0. The van der Waals surface area contributed by atoms with Crippen molar-refractivity contribution >= 4 is 17.6 Å². The topological polar surface area (TPSA) is 41.0 Å². The van der Waals surface area contributed by atoms with E-state index in [0.29, 0.717) is 6.04 Å². The molecular weight excluding hydrogens is 316 g/mol. The van der Waals surface area contributed by atoms with Gasteiger partial charge in [-0.2, -0.15) is 0 Å². The fourth-order valence-corrected chi connectivity index (χ4v) is 3.85. The Kier molecular flexibility index (Phi) is 6.49. The zero-order valence-electron chi connectivity index (χ0n) is 14.3. The molecule has 1 aliphatic heterocycles. The van der Waals surface area contributed by atoms with E-state index < -0.39 is 0 Å². The summed E-state index contributed by atoms with van der Waals surface area (Å²) in [4.78, 5) is 11.6. The van der Waals surface area contributed by atoms with Crippen LogP contribution in [0.5, 0.6) is 0 Å². The molecule has 1 N–H and O–H groups in total. The van der Waals surface area contributed by atoms with Gasteiger partial charge in [0.15, 0.2) is 0 Å². The van der Waals surface area contributed by atoms with E-state index in [0.717, 1.165) is 16.6 Å². The van der Waals surface area contributed by atoms with Crippen molar-refractivity contribution in [2.24, 2.45) is 0 Å². The number of likely N-dealkylation sites (tertiary alicyclic amines) is 1. The first kappa shape index (κ1) is 17.2. The Labute approximate surface area is 149 Å². The number of hydrogen-bond donors (Lipinski definition) is 1. The van der Waals surface area contributed by atoms with Gasteiger partial charge in [0, 0.05) is 24.9 Å². The highest BCUT2D eigenvalue weighted by Crippen LogP contribution is 2.22. The Morgan fingerprint density at radius 1 is 1.17 bits per heavy atom. The highest BCUT2D eigenvalue weighted by atomic mass is 32.2. The van der Waals surface area contributed by atoms with E-state index in [2.05, 4.69) is 46.4 Å². The smallest absolute Gasteiger partial charge is 0.146 e. The van der Waals surface area contributed by atoms with Crippen molar-refractivity contribution in [3.63, 3.8) is 0 Å². The molecule has 5 heteroatoms. The minimum Gasteiger partial charge on any atom is -0.366 e. The Morgan fingerprint density at radius 2 is 1.96 bits per heavy atom. The van der Waals surface area contributed by atoms with Crippen molar-refractivity contribution in [2.75, 3.05) is 25.0 Å². The molecule has 3 rings (SSSR count). The molecule has 1 aromatic heterocycles. The van der Waals surface area contributed by atoms with E-state index in [9.17, 15) is 0 Å². The van der Waals surface area contributed by atoms with Gasteiger partial charge < -0.3 is 10.2 Å². The lowest BCUT2D eigenvalue weighted by atomic mass is 10.1. The highest BCUT2D eigenvalue weighted by Gasteiger charge is 2.18. The van der Waals surface area contributed by atoms with Crippen molar-refractivity contribution in [3.8, 4) is 0 Å². The minimum absolute atomic E-state index is 0.516. The third-order valence-corrected chi connectivity index (χ3v) is 5.29. The standard InChI is InChI=1S/C19H26N4S/c1-2-10-23-11-8-17(9-12-23)21-18-13-20-14-19(22-18)24-15-16-6-4-3-5-7-16/h3-7,13-14,17H,2,8-12,15H2,1H3,(H,21,22). The average Bonchev–Trinajstić information content (AvgIpc) is 2.63. The molecule has 0 unspecified atom stereocenters. The van der Waals surface area contributed by atoms with Crippen LogP contribution in [0.4, 0.5) is 5.82 Å². The summed E-state index contributed by atoms with van der Waals surface area (Å²) in [6.07, 6.45) is 7.30. The maximum Gasteiger partial charge on any atom is 0.146 e. The number of benzene rings is 1. The molecule has 1 aromatic carbocycles. The van der Waals surface area contributed by atoms with E-state index >= 15 is 0 Å². The maximum atomic E-state index is 4.71. The van der Waals surface area contributed by atoms with Gasteiger partial charge >= 0.3 is 0 Å². The van der Waals surface area contributed by atoms with Gasteiger partial charge in [0.05, 0.1) is 12.4 Å². The molecule has 128 valence electrons. The quantitative estimate of drug-likeness (QED) is 0.769. The van der Waals surface area contributed by atoms with Gasteiger partial charge in [-0.15, -0.1) is 11.8 Å². The van der Waals surface area contributed by atoms with Crippen LogP contribution in [0, 0.1) is 0 Å². The minimum atomic E-state index is 0.516. The summed E-state index contributed by atoms with van der Waals surface area (Å²) in [5.74, 6) is 1.83. The lowest BCUT2D eigenvalue weighted by Gasteiger charge is -2.32. The van der Waals surface area contributed by atoms with Crippen molar-refractivity contribution in [1.82, 2.24) is 14.9 Å². The van der Waals surface area contributed by atoms with Crippen LogP contribution in [0.2, 0.25) is 0 Å². The molecule has 0 bridgehead atoms. The number of nitrogens with one attached hydrogen (secondary N) is 1. The third kappa shape index (κ3) is 5.21. The second-order valence-electron chi connectivity index (χ2n) is 6.28. The monoisotopic (exact) mass is 342 g/mol. The predicted octanol–water partition coefficient (Wildman–Crippen LogP) is 4.06. The summed E-state index contributed by atoms with van der Waals surface area (Å²) in [5, 5.41) is 4.55. The molecule has 0 atom stereocenters. The van der Waals surface area contributed by atoms with Crippen LogP contribution in [-0.4, -0.2) is 40.5 Å². The molecule has 0 saturated carbocycles. The third-order valence-electron chi connectivity index (χ3n) is 4.32. The fourth-order valence-electron chi connectivity index (χ4n) is 3.04. The number of piperidine rings is 1. The van der Waals surface area contributed by atoms with E-state index in [1.54, 1.807) is 11.8 Å². The summed E-state index contributed by atoms with van der Waals surface area (Å²) < 4.78 is 0. The average molecular weight is 343 g/mol. The van der Waals surface area contributed by atoms with Gasteiger partial charge in [-0.3, -0.25) is 4.98 Å². The number of nitrogens with zero attached hydrogens (tertiary/aromatic N) is 3. The largest absolute Gasteiger partial charge is 0.366 e. The van der Waals surface area contributed by atoms with Crippen molar-refractivity contribution in [2.45, 2.75) is 43.0 Å². The maximum absolute atomic E-state index is 4.71. The number of anilines is 1. The summed E-state index contributed by atoms with van der Waals surface area (Å²) in [5.41, 5.74) is 1.31. The van der Waals surface area contributed by atoms with Crippen LogP contribution in [-0.2, 0) is 5.75 Å². The second kappa shape index (κ2) is 9.04. The summed E-state index contributed by atoms with van der Waals surface area (Å²) in [6.45, 7) is 5.83. The lowest BCUT2D eigenvalue weighted by Crippen LogP contribution is -2.39. The first-order valence-corrected chi connectivity index (χ1v) is 9.79. The first-order chi connectivity index (χ1) is 11.8. The molecule has 2 aromatic rings. The molecule has 1 aliphatic rings. The molecule has 0 amide bonds. The number of hydrogen-bond acceptors (Lipinski definition) is 5. The normalized spacial score (nSPS) is 16.2. The van der Waals surface area contributed by atoms with Crippen molar-refractivity contribution < 1.29 is 0 Å². The SMILES string of the molecule is CCCN1CCC(Nc2cncc(SCc3ccccc3)n2)CC1. The summed E-state index contributed by atoms with van der Waals surface area (Å²) >= 11 is 1.73. The molecule has 2 heterocycles. The fraction of sp³-hybridized carbons (Fsp3) is 0.474. The van der Waals surface area contributed by atoms with Crippen LogP contribution < -0.4 is 5.32 Å². The van der Waals surface area contributed by atoms with E-state index in [1.807, 2.05) is 18.5 Å². The summed E-state index contributed by atoms with van der Waals surface area (Å²) in [7, 11) is 0.